The van der Waals surface area contributed by atoms with Gasteiger partial charge in [0.15, 0.2) is 9.84 Å². The van der Waals surface area contributed by atoms with Crippen molar-refractivity contribution in [1.29, 1.82) is 0 Å². The van der Waals surface area contributed by atoms with Crippen LogP contribution in [0.15, 0.2) is 12.1 Å². The fourth-order valence-corrected chi connectivity index (χ4v) is 6.54. The van der Waals surface area contributed by atoms with E-state index < -0.39 is 14.6 Å². The SMILES string of the molecule is Cc1cc(N2C[C@H](C)O[C@H](C)C2C)c(C)cc1CC(=O)N1CCC(CS(=O)(=O)C(C)(C)C)CC1. The first-order valence-corrected chi connectivity index (χ1v) is 14.4. The van der Waals surface area contributed by atoms with Gasteiger partial charge in [0.25, 0.3) is 0 Å². The van der Waals surface area contributed by atoms with Gasteiger partial charge in [0.1, 0.15) is 0 Å². The summed E-state index contributed by atoms with van der Waals surface area (Å²) >= 11 is 0. The second kappa shape index (κ2) is 10.2. The molecule has 0 aliphatic carbocycles. The molecule has 1 amide bonds. The summed E-state index contributed by atoms with van der Waals surface area (Å²) in [5.41, 5.74) is 4.63. The number of piperidine rings is 1. The minimum atomic E-state index is -3.13. The summed E-state index contributed by atoms with van der Waals surface area (Å²) in [7, 11) is -3.13. The van der Waals surface area contributed by atoms with E-state index in [2.05, 4.69) is 51.7 Å². The van der Waals surface area contributed by atoms with Gasteiger partial charge in [-0.05, 0) is 96.9 Å². The lowest BCUT2D eigenvalue weighted by molar-refractivity contribution is -0.131. The highest BCUT2D eigenvalue weighted by atomic mass is 32.2. The van der Waals surface area contributed by atoms with Crippen LogP contribution in [0.25, 0.3) is 0 Å². The number of hydrogen-bond acceptors (Lipinski definition) is 5. The van der Waals surface area contributed by atoms with Crippen molar-refractivity contribution in [3.05, 3.63) is 28.8 Å². The Kier molecular flexibility index (Phi) is 8.08. The zero-order valence-electron chi connectivity index (χ0n) is 22.3. The van der Waals surface area contributed by atoms with E-state index in [1.54, 1.807) is 20.8 Å². The number of morpholine rings is 1. The molecule has 192 valence electrons. The van der Waals surface area contributed by atoms with Crippen molar-refractivity contribution in [1.82, 2.24) is 4.90 Å². The number of likely N-dealkylation sites (tertiary alicyclic amines) is 1. The highest BCUT2D eigenvalue weighted by molar-refractivity contribution is 7.92. The number of carbonyl (C=O) groups excluding carboxylic acids is 1. The highest BCUT2D eigenvalue weighted by Gasteiger charge is 2.34. The lowest BCUT2D eigenvalue weighted by Crippen LogP contribution is -2.52. The topological polar surface area (TPSA) is 66.9 Å². The molecule has 1 unspecified atom stereocenters. The second-order valence-corrected chi connectivity index (χ2v) is 14.3. The van der Waals surface area contributed by atoms with Crippen LogP contribution in [-0.2, 0) is 25.8 Å². The van der Waals surface area contributed by atoms with E-state index in [1.807, 2.05) is 4.90 Å². The van der Waals surface area contributed by atoms with Crippen molar-refractivity contribution in [3.63, 3.8) is 0 Å². The Bertz CT molecular complexity index is 991. The third-order valence-electron chi connectivity index (χ3n) is 7.73. The Balaban J connectivity index is 1.63. The van der Waals surface area contributed by atoms with Crippen molar-refractivity contribution in [2.75, 3.05) is 30.3 Å². The summed E-state index contributed by atoms with van der Waals surface area (Å²) in [6, 6.07) is 4.69. The maximum atomic E-state index is 13.1. The number of ether oxygens (including phenoxy) is 1. The molecule has 0 spiro atoms. The van der Waals surface area contributed by atoms with E-state index in [-0.39, 0.29) is 29.8 Å². The molecule has 2 aliphatic heterocycles. The van der Waals surface area contributed by atoms with Gasteiger partial charge in [-0.15, -0.1) is 0 Å². The van der Waals surface area contributed by atoms with Crippen molar-refractivity contribution in [2.24, 2.45) is 5.92 Å². The van der Waals surface area contributed by atoms with Crippen LogP contribution in [0.5, 0.6) is 0 Å². The molecule has 2 fully saturated rings. The molecule has 0 radical (unpaired) electrons. The number of rotatable bonds is 5. The molecule has 3 atom stereocenters. The quantitative estimate of drug-likeness (QED) is 0.613. The number of anilines is 1. The third kappa shape index (κ3) is 5.96. The Morgan fingerprint density at radius 3 is 2.26 bits per heavy atom. The van der Waals surface area contributed by atoms with Gasteiger partial charge in [0, 0.05) is 25.3 Å². The molecule has 1 aromatic rings. The minimum Gasteiger partial charge on any atom is -0.372 e. The maximum absolute atomic E-state index is 13.1. The van der Waals surface area contributed by atoms with Crippen LogP contribution in [0.4, 0.5) is 5.69 Å². The van der Waals surface area contributed by atoms with Crippen LogP contribution < -0.4 is 4.90 Å². The largest absolute Gasteiger partial charge is 0.372 e. The third-order valence-corrected chi connectivity index (χ3v) is 10.5. The lowest BCUT2D eigenvalue weighted by atomic mass is 9.96. The Labute approximate surface area is 207 Å². The van der Waals surface area contributed by atoms with E-state index >= 15 is 0 Å². The lowest BCUT2D eigenvalue weighted by Gasteiger charge is -2.43. The van der Waals surface area contributed by atoms with E-state index in [4.69, 9.17) is 4.74 Å². The van der Waals surface area contributed by atoms with E-state index in [1.165, 1.54) is 11.3 Å². The summed E-state index contributed by atoms with van der Waals surface area (Å²) in [5.74, 6) is 0.487. The van der Waals surface area contributed by atoms with E-state index in [9.17, 15) is 13.2 Å². The average molecular weight is 493 g/mol. The molecule has 7 heteroatoms. The van der Waals surface area contributed by atoms with Crippen LogP contribution in [0.3, 0.4) is 0 Å². The summed E-state index contributed by atoms with van der Waals surface area (Å²) in [5, 5.41) is 0. The monoisotopic (exact) mass is 492 g/mol. The Morgan fingerprint density at radius 1 is 1.06 bits per heavy atom. The smallest absolute Gasteiger partial charge is 0.226 e. The number of benzene rings is 1. The molecule has 34 heavy (non-hydrogen) atoms. The number of amides is 1. The molecule has 1 aromatic carbocycles. The van der Waals surface area contributed by atoms with E-state index in [0.717, 1.165) is 30.5 Å². The van der Waals surface area contributed by atoms with Crippen LogP contribution in [-0.4, -0.2) is 67.6 Å². The molecule has 6 nitrogen and oxygen atoms in total. The number of sulfone groups is 1. The standard InChI is InChI=1S/C27H44N2O4S/c1-18-14-25(29-16-20(3)33-22(5)21(29)4)19(2)13-24(18)15-26(30)28-11-9-23(10-12-28)17-34(31,32)27(6,7)8/h13-14,20-23H,9-12,15-17H2,1-8H3/t20-,21?,22+/m0/s1. The van der Waals surface area contributed by atoms with Gasteiger partial charge in [-0.3, -0.25) is 4.79 Å². The Hall–Kier alpha value is -1.60. The average Bonchev–Trinajstić information content (AvgIpc) is 2.72. The predicted molar refractivity (Wildman–Crippen MR) is 139 cm³/mol. The molecule has 2 aliphatic rings. The van der Waals surface area contributed by atoms with Crippen molar-refractivity contribution in [3.8, 4) is 0 Å². The van der Waals surface area contributed by atoms with E-state index in [0.29, 0.717) is 25.6 Å². The fraction of sp³-hybridized carbons (Fsp3) is 0.741. The first kappa shape index (κ1) is 27.0. The van der Waals surface area contributed by atoms with Crippen molar-refractivity contribution >= 4 is 21.4 Å². The second-order valence-electron chi connectivity index (χ2n) is 11.5. The number of aryl methyl sites for hydroxylation is 2. The first-order chi connectivity index (χ1) is 15.7. The van der Waals surface area contributed by atoms with Gasteiger partial charge in [0.2, 0.25) is 5.91 Å². The molecule has 2 heterocycles. The number of hydrogen-bond donors (Lipinski definition) is 0. The summed E-state index contributed by atoms with van der Waals surface area (Å²) < 4.78 is 30.4. The summed E-state index contributed by atoms with van der Waals surface area (Å²) in [6.07, 6.45) is 2.26. The van der Waals surface area contributed by atoms with Gasteiger partial charge in [-0.2, -0.15) is 0 Å². The maximum Gasteiger partial charge on any atom is 0.226 e. The van der Waals surface area contributed by atoms with Gasteiger partial charge in [0.05, 0.1) is 35.2 Å². The van der Waals surface area contributed by atoms with Gasteiger partial charge >= 0.3 is 0 Å². The van der Waals surface area contributed by atoms with Gasteiger partial charge in [-0.1, -0.05) is 6.07 Å². The minimum absolute atomic E-state index is 0.134. The molecule has 0 saturated carbocycles. The molecule has 3 rings (SSSR count). The molecular weight excluding hydrogens is 448 g/mol. The fourth-order valence-electron chi connectivity index (χ4n) is 5.08. The number of carbonyl (C=O) groups is 1. The Morgan fingerprint density at radius 2 is 1.68 bits per heavy atom. The number of nitrogens with zero attached hydrogens (tertiary/aromatic N) is 2. The molecule has 2 saturated heterocycles. The van der Waals surface area contributed by atoms with Gasteiger partial charge < -0.3 is 14.5 Å². The predicted octanol–water partition coefficient (Wildman–Crippen LogP) is 4.30. The van der Waals surface area contributed by atoms with Crippen LogP contribution >= 0.6 is 0 Å². The molecule has 0 bridgehead atoms. The van der Waals surface area contributed by atoms with Crippen LogP contribution in [0, 0.1) is 19.8 Å². The van der Waals surface area contributed by atoms with Crippen molar-refractivity contribution in [2.45, 2.75) is 97.6 Å². The van der Waals surface area contributed by atoms with Crippen LogP contribution in [0.2, 0.25) is 0 Å². The zero-order valence-corrected chi connectivity index (χ0v) is 23.2. The summed E-state index contributed by atoms with van der Waals surface area (Å²) in [6.45, 7) is 18.1. The normalized spacial score (nSPS) is 25.0. The summed E-state index contributed by atoms with van der Waals surface area (Å²) in [4.78, 5) is 17.4. The molecule has 0 N–H and O–H groups in total. The van der Waals surface area contributed by atoms with Gasteiger partial charge in [-0.25, -0.2) is 8.42 Å². The van der Waals surface area contributed by atoms with Crippen LogP contribution in [0.1, 0.15) is 71.1 Å². The first-order valence-electron chi connectivity index (χ1n) is 12.7. The molecular formula is C27H44N2O4S. The van der Waals surface area contributed by atoms with Crippen molar-refractivity contribution < 1.29 is 17.9 Å². The highest BCUT2D eigenvalue weighted by Crippen LogP contribution is 2.31. The molecule has 0 aromatic heterocycles. The zero-order chi connectivity index (χ0) is 25.4.